The fourth-order valence-corrected chi connectivity index (χ4v) is 4.79. The van der Waals surface area contributed by atoms with E-state index in [4.69, 9.17) is 13.9 Å². The Bertz CT molecular complexity index is 1470. The van der Waals surface area contributed by atoms with E-state index < -0.39 is 0 Å². The van der Waals surface area contributed by atoms with E-state index in [0.29, 0.717) is 22.0 Å². The van der Waals surface area contributed by atoms with Crippen LogP contribution in [0, 0.1) is 0 Å². The van der Waals surface area contributed by atoms with Gasteiger partial charge in [-0.1, -0.05) is 49.4 Å². The van der Waals surface area contributed by atoms with E-state index in [1.54, 1.807) is 13.3 Å². The normalized spacial score (nSPS) is 10.9. The summed E-state index contributed by atoms with van der Waals surface area (Å²) in [4.78, 5) is 18.7. The summed E-state index contributed by atoms with van der Waals surface area (Å²) < 4.78 is 17.1. The van der Waals surface area contributed by atoms with Crippen LogP contribution in [-0.4, -0.2) is 18.0 Å². The van der Waals surface area contributed by atoms with Gasteiger partial charge in [-0.15, -0.1) is 11.3 Å². The second-order valence-corrected chi connectivity index (χ2v) is 9.42. The van der Waals surface area contributed by atoms with E-state index in [0.717, 1.165) is 28.9 Å². The molecule has 0 aliphatic heterocycles. The van der Waals surface area contributed by atoms with Crippen LogP contribution in [0.2, 0.25) is 0 Å². The minimum absolute atomic E-state index is 0.184. The van der Waals surface area contributed by atoms with Gasteiger partial charge >= 0.3 is 0 Å². The maximum absolute atomic E-state index is 13.2. The first-order valence-electron chi connectivity index (χ1n) is 11.7. The third-order valence-corrected chi connectivity index (χ3v) is 6.84. The third-order valence-electron chi connectivity index (χ3n) is 5.93. The zero-order valence-corrected chi connectivity index (χ0v) is 20.9. The molecule has 182 valence electrons. The molecule has 7 heteroatoms. The predicted octanol–water partition coefficient (Wildman–Crippen LogP) is 6.88. The number of methoxy groups -OCH3 is 1. The number of para-hydroxylation sites is 1. The number of nitrogens with one attached hydrogen (secondary N) is 1. The van der Waals surface area contributed by atoms with Crippen LogP contribution in [0.3, 0.4) is 0 Å². The Morgan fingerprint density at radius 3 is 2.44 bits per heavy atom. The van der Waals surface area contributed by atoms with Crippen LogP contribution in [-0.2, 0) is 19.4 Å². The maximum atomic E-state index is 13.2. The fraction of sp³-hybridized carbons (Fsp3) is 0.172. The average molecular weight is 499 g/mol. The number of carbonyl (C=O) groups is 1. The van der Waals surface area contributed by atoms with Crippen molar-refractivity contribution >= 4 is 33.3 Å². The number of aromatic nitrogens is 1. The predicted molar refractivity (Wildman–Crippen MR) is 142 cm³/mol. The minimum atomic E-state index is -0.354. The van der Waals surface area contributed by atoms with Crippen molar-refractivity contribution in [3.8, 4) is 11.5 Å². The molecule has 3 aromatic carbocycles. The molecule has 6 nitrogen and oxygen atoms in total. The van der Waals surface area contributed by atoms with Gasteiger partial charge in [0.2, 0.25) is 0 Å². The van der Waals surface area contributed by atoms with Crippen molar-refractivity contribution < 1.29 is 18.7 Å². The molecular weight excluding hydrogens is 472 g/mol. The van der Waals surface area contributed by atoms with Gasteiger partial charge in [0.05, 0.1) is 7.11 Å². The highest BCUT2D eigenvalue weighted by atomic mass is 32.1. The summed E-state index contributed by atoms with van der Waals surface area (Å²) in [7, 11) is 1.62. The molecule has 0 unspecified atom stereocenters. The zero-order chi connectivity index (χ0) is 24.9. The lowest BCUT2D eigenvalue weighted by Crippen LogP contribution is -2.13. The van der Waals surface area contributed by atoms with Crippen LogP contribution >= 0.6 is 11.3 Å². The van der Waals surface area contributed by atoms with Gasteiger partial charge in [-0.3, -0.25) is 10.1 Å². The molecule has 0 saturated carbocycles. The Morgan fingerprint density at radius 1 is 0.972 bits per heavy atom. The SMILES string of the molecule is CCc1ccc(Cc2cnc(NC(=O)c3oc4ccccc4c3COc3ccc(OC)cc3)s2)cc1. The monoisotopic (exact) mass is 498 g/mol. The summed E-state index contributed by atoms with van der Waals surface area (Å²) >= 11 is 1.46. The van der Waals surface area contributed by atoms with Gasteiger partial charge in [0.1, 0.15) is 23.7 Å². The van der Waals surface area contributed by atoms with Gasteiger partial charge in [-0.05, 0) is 47.9 Å². The van der Waals surface area contributed by atoms with Gasteiger partial charge in [-0.25, -0.2) is 4.98 Å². The van der Waals surface area contributed by atoms with Gasteiger partial charge in [0.25, 0.3) is 5.91 Å². The fourth-order valence-electron chi connectivity index (χ4n) is 3.95. The van der Waals surface area contributed by atoms with Crippen molar-refractivity contribution in [1.29, 1.82) is 0 Å². The molecule has 2 aromatic heterocycles. The summed E-state index contributed by atoms with van der Waals surface area (Å²) in [6.45, 7) is 2.33. The number of amides is 1. The average Bonchev–Trinajstić information content (AvgIpc) is 3.52. The number of aryl methyl sites for hydroxylation is 1. The van der Waals surface area contributed by atoms with E-state index in [1.807, 2.05) is 48.5 Å². The number of thiazole rings is 1. The van der Waals surface area contributed by atoms with Crippen molar-refractivity contribution in [2.24, 2.45) is 0 Å². The largest absolute Gasteiger partial charge is 0.497 e. The molecule has 0 spiro atoms. The Kier molecular flexibility index (Phi) is 7.00. The van der Waals surface area contributed by atoms with Crippen molar-refractivity contribution in [2.75, 3.05) is 12.4 Å². The molecule has 0 radical (unpaired) electrons. The molecule has 0 aliphatic carbocycles. The van der Waals surface area contributed by atoms with Crippen molar-refractivity contribution in [3.05, 3.63) is 106 Å². The number of benzene rings is 3. The molecule has 5 rings (SSSR count). The van der Waals surface area contributed by atoms with Crippen molar-refractivity contribution in [3.63, 3.8) is 0 Å². The highest BCUT2D eigenvalue weighted by molar-refractivity contribution is 7.15. The molecule has 1 N–H and O–H groups in total. The molecule has 0 aliphatic rings. The smallest absolute Gasteiger partial charge is 0.293 e. The molecule has 5 aromatic rings. The first-order valence-corrected chi connectivity index (χ1v) is 12.6. The lowest BCUT2D eigenvalue weighted by atomic mass is 10.1. The first-order chi connectivity index (χ1) is 17.6. The number of fused-ring (bicyclic) bond motifs is 1. The summed E-state index contributed by atoms with van der Waals surface area (Å²) in [6.07, 6.45) is 3.59. The quantitative estimate of drug-likeness (QED) is 0.240. The minimum Gasteiger partial charge on any atom is -0.497 e. The molecular formula is C29H26N2O4S. The molecule has 0 fully saturated rings. The van der Waals surface area contributed by atoms with Gasteiger partial charge in [-0.2, -0.15) is 0 Å². The van der Waals surface area contributed by atoms with E-state index in [1.165, 1.54) is 22.5 Å². The Balaban J connectivity index is 1.32. The second kappa shape index (κ2) is 10.7. The summed E-state index contributed by atoms with van der Waals surface area (Å²) in [5.41, 5.74) is 3.84. The lowest BCUT2D eigenvalue weighted by Gasteiger charge is -2.08. The lowest BCUT2D eigenvalue weighted by molar-refractivity contribution is 0.0995. The third kappa shape index (κ3) is 5.26. The summed E-state index contributed by atoms with van der Waals surface area (Å²) in [6, 6.07) is 23.4. The van der Waals surface area contributed by atoms with Gasteiger partial charge < -0.3 is 13.9 Å². The topological polar surface area (TPSA) is 73.6 Å². The number of furan rings is 1. The van der Waals surface area contributed by atoms with Gasteiger partial charge in [0.15, 0.2) is 10.9 Å². The number of carbonyl (C=O) groups excluding carboxylic acids is 1. The molecule has 0 bridgehead atoms. The zero-order valence-electron chi connectivity index (χ0n) is 20.1. The van der Waals surface area contributed by atoms with Crippen LogP contribution < -0.4 is 14.8 Å². The van der Waals surface area contributed by atoms with Crippen molar-refractivity contribution in [2.45, 2.75) is 26.4 Å². The molecule has 0 saturated heterocycles. The van der Waals surface area contributed by atoms with E-state index in [-0.39, 0.29) is 18.3 Å². The Labute approximate surface area is 213 Å². The number of anilines is 1. The van der Waals surface area contributed by atoms with E-state index in [2.05, 4.69) is 41.5 Å². The number of rotatable bonds is 9. The van der Waals surface area contributed by atoms with E-state index >= 15 is 0 Å². The second-order valence-electron chi connectivity index (χ2n) is 8.30. The van der Waals surface area contributed by atoms with Crippen LogP contribution in [0.15, 0.2) is 83.4 Å². The van der Waals surface area contributed by atoms with Crippen LogP contribution in [0.1, 0.15) is 39.0 Å². The van der Waals surface area contributed by atoms with Crippen LogP contribution in [0.4, 0.5) is 5.13 Å². The summed E-state index contributed by atoms with van der Waals surface area (Å²) in [5, 5.41) is 4.27. The number of hydrogen-bond acceptors (Lipinski definition) is 6. The molecule has 0 atom stereocenters. The molecule has 1 amide bonds. The number of ether oxygens (including phenoxy) is 2. The summed E-state index contributed by atoms with van der Waals surface area (Å²) in [5.74, 6) is 1.28. The maximum Gasteiger partial charge on any atom is 0.293 e. The van der Waals surface area contributed by atoms with Crippen LogP contribution in [0.25, 0.3) is 11.0 Å². The van der Waals surface area contributed by atoms with Crippen molar-refractivity contribution in [1.82, 2.24) is 4.98 Å². The van der Waals surface area contributed by atoms with Crippen LogP contribution in [0.5, 0.6) is 11.5 Å². The standard InChI is InChI=1S/C29H26N2O4S/c1-3-19-8-10-20(11-9-19)16-23-17-30-29(36-23)31-28(32)27-25(24-6-4-5-7-26(24)35-27)18-34-22-14-12-21(33-2)13-15-22/h4-15,17H,3,16,18H2,1-2H3,(H,30,31,32). The van der Waals surface area contributed by atoms with Gasteiger partial charge in [0, 0.05) is 28.4 Å². The Morgan fingerprint density at radius 2 is 1.69 bits per heavy atom. The highest BCUT2D eigenvalue weighted by Gasteiger charge is 2.22. The number of nitrogens with zero attached hydrogens (tertiary/aromatic N) is 1. The van der Waals surface area contributed by atoms with E-state index in [9.17, 15) is 4.79 Å². The first kappa shape index (κ1) is 23.6. The number of hydrogen-bond donors (Lipinski definition) is 1. The Hall–Kier alpha value is -4.10. The highest BCUT2D eigenvalue weighted by Crippen LogP contribution is 2.29. The molecule has 2 heterocycles. The molecule has 36 heavy (non-hydrogen) atoms.